The van der Waals surface area contributed by atoms with E-state index < -0.39 is 24.5 Å². The van der Waals surface area contributed by atoms with E-state index in [1.54, 1.807) is 19.1 Å². The van der Waals surface area contributed by atoms with Crippen molar-refractivity contribution in [1.29, 1.82) is 0 Å². The van der Waals surface area contributed by atoms with Crippen LogP contribution in [0.2, 0.25) is 0 Å². The Kier molecular flexibility index (Phi) is 5.77. The topological polar surface area (TPSA) is 59.3 Å². The zero-order valence-corrected chi connectivity index (χ0v) is 17.1. The van der Waals surface area contributed by atoms with E-state index >= 15 is 0 Å². The van der Waals surface area contributed by atoms with Crippen LogP contribution in [0.5, 0.6) is 0 Å². The van der Waals surface area contributed by atoms with Gasteiger partial charge in [0, 0.05) is 0 Å². The largest absolute Gasteiger partial charge is 0.449 e. The van der Waals surface area contributed by atoms with Crippen molar-refractivity contribution in [3.8, 4) is 11.1 Å². The van der Waals surface area contributed by atoms with E-state index in [4.69, 9.17) is 0 Å². The summed E-state index contributed by atoms with van der Waals surface area (Å²) < 4.78 is 41.0. The molecule has 5 nitrogen and oxygen atoms in total. The number of nitrogens with zero attached hydrogens (tertiary/aromatic N) is 3. The first-order valence-corrected chi connectivity index (χ1v) is 9.84. The summed E-state index contributed by atoms with van der Waals surface area (Å²) in [5, 5.41) is 4.05. The highest BCUT2D eigenvalue weighted by Gasteiger charge is 2.38. The van der Waals surface area contributed by atoms with Gasteiger partial charge in [-0.25, -0.2) is 10.4 Å². The van der Waals surface area contributed by atoms with Gasteiger partial charge in [0.2, 0.25) is 5.82 Å². The van der Waals surface area contributed by atoms with Gasteiger partial charge >= 0.3 is 6.18 Å². The molecule has 0 unspecified atom stereocenters. The molecule has 0 aliphatic rings. The van der Waals surface area contributed by atoms with Gasteiger partial charge in [-0.2, -0.15) is 18.3 Å². The highest BCUT2D eigenvalue weighted by molar-refractivity contribution is 5.99. The van der Waals surface area contributed by atoms with Crippen molar-refractivity contribution in [1.82, 2.24) is 15.0 Å². The van der Waals surface area contributed by atoms with E-state index in [9.17, 15) is 18.0 Å². The van der Waals surface area contributed by atoms with Crippen molar-refractivity contribution in [2.45, 2.75) is 19.6 Å². The molecule has 0 fully saturated rings. The fraction of sp³-hybridized carbons (Fsp3) is 0.125. The Balaban J connectivity index is 1.49. The number of hydrazone groups is 1. The van der Waals surface area contributed by atoms with Gasteiger partial charge in [0.25, 0.3) is 5.91 Å². The number of benzene rings is 3. The van der Waals surface area contributed by atoms with Gasteiger partial charge in [-0.05, 0) is 35.7 Å². The van der Waals surface area contributed by atoms with Crippen molar-refractivity contribution in [2.75, 3.05) is 0 Å². The first kappa shape index (κ1) is 21.3. The lowest BCUT2D eigenvalue weighted by Crippen LogP contribution is -2.27. The Morgan fingerprint density at radius 3 is 2.25 bits per heavy atom. The van der Waals surface area contributed by atoms with E-state index in [0.29, 0.717) is 5.71 Å². The molecule has 0 aliphatic carbocycles. The van der Waals surface area contributed by atoms with Crippen LogP contribution < -0.4 is 5.43 Å². The summed E-state index contributed by atoms with van der Waals surface area (Å²) in [5.74, 6) is -1.80. The third-order valence-corrected chi connectivity index (χ3v) is 4.97. The average Bonchev–Trinajstić information content (AvgIpc) is 3.17. The highest BCUT2D eigenvalue weighted by atomic mass is 19.4. The maximum atomic E-state index is 13.4. The quantitative estimate of drug-likeness (QED) is 0.343. The van der Waals surface area contributed by atoms with Gasteiger partial charge in [-0.1, -0.05) is 66.7 Å². The molecule has 8 heteroatoms. The molecule has 162 valence electrons. The number of rotatable bonds is 5. The minimum absolute atomic E-state index is 0.172. The minimum atomic E-state index is -4.68. The molecule has 32 heavy (non-hydrogen) atoms. The molecule has 0 saturated carbocycles. The van der Waals surface area contributed by atoms with Crippen LogP contribution in [0.4, 0.5) is 13.2 Å². The number of carbonyl (C=O) groups excluding carboxylic acids is 1. The van der Waals surface area contributed by atoms with Gasteiger partial charge in [0.05, 0.1) is 16.7 Å². The number of fused-ring (bicyclic) bond motifs is 1. The van der Waals surface area contributed by atoms with Crippen molar-refractivity contribution in [2.24, 2.45) is 5.10 Å². The number of amides is 1. The van der Waals surface area contributed by atoms with Gasteiger partial charge in [0.1, 0.15) is 6.54 Å². The number of nitrogens with one attached hydrogen (secondary N) is 1. The van der Waals surface area contributed by atoms with Gasteiger partial charge < -0.3 is 4.57 Å². The molecule has 0 spiro atoms. The van der Waals surface area contributed by atoms with Crippen molar-refractivity contribution in [3.63, 3.8) is 0 Å². The lowest BCUT2D eigenvalue weighted by Gasteiger charge is -2.11. The third kappa shape index (κ3) is 4.54. The number of para-hydroxylation sites is 2. The molecule has 1 N–H and O–H groups in total. The molecule has 0 atom stereocenters. The number of imidazole rings is 1. The normalized spacial score (nSPS) is 12.2. The van der Waals surface area contributed by atoms with Crippen LogP contribution in [-0.4, -0.2) is 21.2 Å². The SMILES string of the molecule is CC(=NNC(=O)Cn1c(C(F)(F)F)nc2ccccc21)c1ccc(-c2ccccc2)cc1. The van der Waals surface area contributed by atoms with Gasteiger partial charge in [-0.3, -0.25) is 4.79 Å². The first-order valence-electron chi connectivity index (χ1n) is 9.84. The molecule has 0 radical (unpaired) electrons. The monoisotopic (exact) mass is 436 g/mol. The lowest BCUT2D eigenvalue weighted by molar-refractivity contribution is -0.147. The number of aromatic nitrogens is 2. The Morgan fingerprint density at radius 1 is 0.938 bits per heavy atom. The van der Waals surface area contributed by atoms with Crippen molar-refractivity contribution in [3.05, 3.63) is 90.3 Å². The van der Waals surface area contributed by atoms with E-state index in [1.807, 2.05) is 54.6 Å². The predicted molar refractivity (Wildman–Crippen MR) is 117 cm³/mol. The van der Waals surface area contributed by atoms with Gasteiger partial charge in [0.15, 0.2) is 0 Å². The molecule has 0 saturated heterocycles. The summed E-state index contributed by atoms with van der Waals surface area (Å²) in [6.45, 7) is 1.16. The second-order valence-corrected chi connectivity index (χ2v) is 7.18. The number of alkyl halides is 3. The zero-order chi connectivity index (χ0) is 22.7. The fourth-order valence-electron chi connectivity index (χ4n) is 3.38. The smallest absolute Gasteiger partial charge is 0.311 e. The van der Waals surface area contributed by atoms with Crippen LogP contribution in [-0.2, 0) is 17.5 Å². The summed E-state index contributed by atoms with van der Waals surface area (Å²) in [7, 11) is 0. The summed E-state index contributed by atoms with van der Waals surface area (Å²) in [6.07, 6.45) is -4.68. The molecule has 1 amide bonds. The van der Waals surface area contributed by atoms with Crippen LogP contribution in [0.1, 0.15) is 18.3 Å². The summed E-state index contributed by atoms with van der Waals surface area (Å²) in [6, 6.07) is 23.7. The molecule has 0 bridgehead atoms. The zero-order valence-electron chi connectivity index (χ0n) is 17.1. The molecular formula is C24H19F3N4O. The Labute approximate surface area is 182 Å². The van der Waals surface area contributed by atoms with E-state index in [0.717, 1.165) is 21.3 Å². The number of hydrogen-bond donors (Lipinski definition) is 1. The van der Waals surface area contributed by atoms with Crippen LogP contribution in [0.25, 0.3) is 22.2 Å². The maximum Gasteiger partial charge on any atom is 0.449 e. The van der Waals surface area contributed by atoms with Gasteiger partial charge in [-0.15, -0.1) is 0 Å². The second-order valence-electron chi connectivity index (χ2n) is 7.18. The number of halogens is 3. The standard InChI is InChI=1S/C24H19F3N4O/c1-16(17-11-13-19(14-12-17)18-7-3-2-4-8-18)29-30-22(32)15-31-21-10-6-5-9-20(21)28-23(31)24(25,26)27/h2-14H,15H2,1H3,(H,30,32). The maximum absolute atomic E-state index is 13.4. The van der Waals surface area contributed by atoms with Crippen LogP contribution in [0.15, 0.2) is 84.0 Å². The summed E-state index contributed by atoms with van der Waals surface area (Å²) >= 11 is 0. The summed E-state index contributed by atoms with van der Waals surface area (Å²) in [4.78, 5) is 16.0. The van der Waals surface area contributed by atoms with E-state index in [1.165, 1.54) is 12.1 Å². The van der Waals surface area contributed by atoms with Crippen LogP contribution in [0.3, 0.4) is 0 Å². The predicted octanol–water partition coefficient (Wildman–Crippen LogP) is 5.26. The number of hydrogen-bond acceptors (Lipinski definition) is 3. The Bertz CT molecular complexity index is 1280. The fourth-order valence-corrected chi connectivity index (χ4v) is 3.38. The summed E-state index contributed by atoms with van der Waals surface area (Å²) in [5.41, 5.74) is 6.18. The lowest BCUT2D eigenvalue weighted by atomic mass is 10.0. The first-order chi connectivity index (χ1) is 15.3. The van der Waals surface area contributed by atoms with Crippen LogP contribution >= 0.6 is 0 Å². The average molecular weight is 436 g/mol. The van der Waals surface area contributed by atoms with Crippen molar-refractivity contribution >= 4 is 22.7 Å². The highest BCUT2D eigenvalue weighted by Crippen LogP contribution is 2.31. The molecule has 1 aromatic heterocycles. The Morgan fingerprint density at radius 2 is 1.56 bits per heavy atom. The van der Waals surface area contributed by atoms with Crippen molar-refractivity contribution < 1.29 is 18.0 Å². The Hall–Kier alpha value is -3.94. The van der Waals surface area contributed by atoms with Crippen LogP contribution in [0, 0.1) is 0 Å². The molecule has 0 aliphatic heterocycles. The van der Waals surface area contributed by atoms with E-state index in [-0.39, 0.29) is 11.0 Å². The molecule has 3 aromatic carbocycles. The second kappa shape index (κ2) is 8.66. The minimum Gasteiger partial charge on any atom is -0.311 e. The third-order valence-electron chi connectivity index (χ3n) is 4.97. The molecular weight excluding hydrogens is 417 g/mol. The molecule has 1 heterocycles. The molecule has 4 rings (SSSR count). The molecule has 4 aromatic rings. The number of carbonyl (C=O) groups is 1. The van der Waals surface area contributed by atoms with E-state index in [2.05, 4.69) is 15.5 Å².